The van der Waals surface area contributed by atoms with E-state index in [1.807, 2.05) is 18.2 Å². The number of alkyl carbamates (subject to hydrolysis) is 1. The maximum Gasteiger partial charge on any atom is 0.408 e. The molecule has 0 fully saturated rings. The smallest absolute Gasteiger partial charge is 0.408 e. The topological polar surface area (TPSA) is 122 Å². The number of ether oxygens (including phenoxy) is 1. The third kappa shape index (κ3) is 8.21. The van der Waals surface area contributed by atoms with Gasteiger partial charge in [-0.25, -0.2) is 4.79 Å². The van der Waals surface area contributed by atoms with E-state index in [4.69, 9.17) is 9.84 Å². The fraction of sp³-hybridized carbons (Fsp3) is 0.444. The third-order valence-corrected chi connectivity index (χ3v) is 4.20. The Balaban J connectivity index is 2.69. The van der Waals surface area contributed by atoms with Gasteiger partial charge in [0.05, 0.1) is 17.8 Å². The number of carboxylic acid groups (broad SMARTS) is 1. The Hall–Kier alpha value is -2.42. The van der Waals surface area contributed by atoms with Crippen LogP contribution in [0.5, 0.6) is 0 Å². The van der Waals surface area contributed by atoms with Gasteiger partial charge in [0.25, 0.3) is 0 Å². The van der Waals surface area contributed by atoms with E-state index in [2.05, 4.69) is 26.6 Å². The monoisotopic (exact) mass is 442 g/mol. The summed E-state index contributed by atoms with van der Waals surface area (Å²) in [6.07, 6.45) is -1.33. The van der Waals surface area contributed by atoms with Gasteiger partial charge in [0.2, 0.25) is 5.91 Å². The lowest BCUT2D eigenvalue weighted by molar-refractivity contribution is -0.140. The van der Waals surface area contributed by atoms with Crippen molar-refractivity contribution in [3.05, 3.63) is 35.9 Å². The highest BCUT2D eigenvalue weighted by molar-refractivity contribution is 9.09. The molecule has 0 aliphatic heterocycles. The van der Waals surface area contributed by atoms with Crippen LogP contribution in [0.1, 0.15) is 25.8 Å². The first-order valence-electron chi connectivity index (χ1n) is 8.32. The van der Waals surface area contributed by atoms with Crippen molar-refractivity contribution >= 4 is 39.7 Å². The molecule has 0 spiro atoms. The molecule has 148 valence electrons. The molecule has 0 saturated carbocycles. The van der Waals surface area contributed by atoms with Crippen molar-refractivity contribution < 1.29 is 29.0 Å². The van der Waals surface area contributed by atoms with E-state index in [0.717, 1.165) is 5.56 Å². The second-order valence-corrected chi connectivity index (χ2v) is 6.75. The zero-order chi connectivity index (χ0) is 20.4. The number of alkyl halides is 1. The maximum absolute atomic E-state index is 12.5. The summed E-state index contributed by atoms with van der Waals surface area (Å²) in [4.78, 5) is 47.2. The van der Waals surface area contributed by atoms with Gasteiger partial charge in [-0.15, -0.1) is 0 Å². The van der Waals surface area contributed by atoms with Crippen molar-refractivity contribution in [3.8, 4) is 0 Å². The lowest BCUT2D eigenvalue weighted by atomic mass is 10.0. The number of aliphatic carboxylic acids is 1. The lowest BCUT2D eigenvalue weighted by Crippen LogP contribution is -2.54. The molecule has 0 radical (unpaired) electrons. The van der Waals surface area contributed by atoms with Crippen LogP contribution in [0.4, 0.5) is 4.79 Å². The van der Waals surface area contributed by atoms with Gasteiger partial charge in [-0.2, -0.15) is 0 Å². The van der Waals surface area contributed by atoms with Crippen LogP contribution in [0.3, 0.4) is 0 Å². The Morgan fingerprint density at radius 1 is 1.11 bits per heavy atom. The van der Waals surface area contributed by atoms with Gasteiger partial charge in [0.1, 0.15) is 12.6 Å². The van der Waals surface area contributed by atoms with Crippen molar-refractivity contribution in [3.63, 3.8) is 0 Å². The summed E-state index contributed by atoms with van der Waals surface area (Å²) >= 11 is 2.96. The number of carbonyl (C=O) groups excluding carboxylic acids is 3. The summed E-state index contributed by atoms with van der Waals surface area (Å²) in [6.45, 7) is 3.46. The minimum Gasteiger partial charge on any atom is -0.481 e. The largest absolute Gasteiger partial charge is 0.481 e. The van der Waals surface area contributed by atoms with Crippen LogP contribution in [0.25, 0.3) is 0 Å². The number of carboxylic acids is 1. The molecule has 1 aromatic carbocycles. The number of hydrogen-bond donors (Lipinski definition) is 3. The van der Waals surface area contributed by atoms with Crippen LogP contribution in [0.2, 0.25) is 0 Å². The van der Waals surface area contributed by atoms with Crippen LogP contribution in [-0.4, -0.2) is 46.3 Å². The van der Waals surface area contributed by atoms with Crippen LogP contribution in [-0.2, 0) is 25.7 Å². The first kappa shape index (κ1) is 22.6. The number of benzene rings is 1. The van der Waals surface area contributed by atoms with Crippen molar-refractivity contribution in [2.45, 2.75) is 39.0 Å². The summed E-state index contributed by atoms with van der Waals surface area (Å²) in [5.74, 6) is -2.65. The zero-order valence-electron chi connectivity index (χ0n) is 15.1. The molecule has 2 amide bonds. The predicted molar refractivity (Wildman–Crippen MR) is 101 cm³/mol. The summed E-state index contributed by atoms with van der Waals surface area (Å²) in [5, 5.41) is 13.7. The molecule has 9 heteroatoms. The first-order valence-corrected chi connectivity index (χ1v) is 9.44. The van der Waals surface area contributed by atoms with Crippen LogP contribution < -0.4 is 10.6 Å². The Morgan fingerprint density at radius 2 is 1.74 bits per heavy atom. The van der Waals surface area contributed by atoms with E-state index < -0.39 is 42.3 Å². The van der Waals surface area contributed by atoms with E-state index in [-0.39, 0.29) is 17.9 Å². The number of hydrogen-bond acceptors (Lipinski definition) is 5. The molecule has 1 aromatic rings. The average molecular weight is 443 g/mol. The molecule has 3 N–H and O–H groups in total. The Morgan fingerprint density at radius 3 is 2.26 bits per heavy atom. The zero-order valence-corrected chi connectivity index (χ0v) is 16.7. The molecule has 0 bridgehead atoms. The van der Waals surface area contributed by atoms with E-state index in [0.29, 0.717) is 0 Å². The molecule has 27 heavy (non-hydrogen) atoms. The quantitative estimate of drug-likeness (QED) is 0.475. The Labute approximate surface area is 165 Å². The third-order valence-electron chi connectivity index (χ3n) is 3.65. The highest BCUT2D eigenvalue weighted by atomic mass is 79.9. The lowest BCUT2D eigenvalue weighted by Gasteiger charge is -2.24. The molecule has 0 heterocycles. The number of rotatable bonds is 10. The van der Waals surface area contributed by atoms with E-state index >= 15 is 0 Å². The summed E-state index contributed by atoms with van der Waals surface area (Å²) in [5.41, 5.74) is 0.794. The minimum atomic E-state index is -1.22. The molecule has 1 rings (SSSR count). The van der Waals surface area contributed by atoms with Crippen molar-refractivity contribution in [1.82, 2.24) is 10.6 Å². The summed E-state index contributed by atoms with van der Waals surface area (Å²) in [6, 6.07) is 6.88. The molecular weight excluding hydrogens is 420 g/mol. The predicted octanol–water partition coefficient (Wildman–Crippen LogP) is 1.86. The number of amides is 2. The van der Waals surface area contributed by atoms with Gasteiger partial charge in [-0.1, -0.05) is 60.1 Å². The van der Waals surface area contributed by atoms with Gasteiger partial charge >= 0.3 is 12.1 Å². The Kier molecular flexibility index (Phi) is 9.49. The van der Waals surface area contributed by atoms with Gasteiger partial charge in [0.15, 0.2) is 5.78 Å². The molecule has 0 aromatic heterocycles. The molecular formula is C18H23BrN2O6. The normalized spacial score (nSPS) is 12.7. The average Bonchev–Trinajstić information content (AvgIpc) is 2.63. The number of nitrogens with one attached hydrogen (secondary N) is 2. The van der Waals surface area contributed by atoms with E-state index in [1.165, 1.54) is 0 Å². The van der Waals surface area contributed by atoms with Gasteiger partial charge in [-0.3, -0.25) is 14.4 Å². The Bertz CT molecular complexity index is 665. The number of ketones is 1. The van der Waals surface area contributed by atoms with Crippen molar-refractivity contribution in [2.75, 3.05) is 5.33 Å². The molecule has 1 unspecified atom stereocenters. The number of carbonyl (C=O) groups is 4. The standard InChI is InChI=1S/C18H23BrN2O6/c1-11(2)16(17(25)20-13(8-15(23)24)14(22)9-19)21-18(26)27-10-12-6-4-3-5-7-12/h3-7,11,13,16H,8-10H2,1-2H3,(H,20,25)(H,21,26)(H,23,24)/t13-,16?/m0/s1. The molecule has 8 nitrogen and oxygen atoms in total. The molecule has 2 atom stereocenters. The highest BCUT2D eigenvalue weighted by Crippen LogP contribution is 2.07. The number of Topliss-reactive ketones (excluding diaryl/α,β-unsaturated/α-hetero) is 1. The molecule has 0 aliphatic rings. The SMILES string of the molecule is CC(C)C(NC(=O)OCc1ccccc1)C(=O)N[C@@H](CC(=O)O)C(=O)CBr. The second kappa shape index (κ2) is 11.3. The number of halogens is 1. The molecule has 0 aliphatic carbocycles. The van der Waals surface area contributed by atoms with Crippen molar-refractivity contribution in [1.29, 1.82) is 0 Å². The summed E-state index contributed by atoms with van der Waals surface area (Å²) in [7, 11) is 0. The van der Waals surface area contributed by atoms with E-state index in [9.17, 15) is 19.2 Å². The first-order chi connectivity index (χ1) is 12.7. The van der Waals surface area contributed by atoms with Crippen LogP contribution in [0, 0.1) is 5.92 Å². The maximum atomic E-state index is 12.5. The fourth-order valence-corrected chi connectivity index (χ4v) is 2.59. The second-order valence-electron chi connectivity index (χ2n) is 6.19. The van der Waals surface area contributed by atoms with Gasteiger partial charge < -0.3 is 20.5 Å². The van der Waals surface area contributed by atoms with Gasteiger partial charge in [-0.05, 0) is 11.5 Å². The fourth-order valence-electron chi connectivity index (χ4n) is 2.20. The van der Waals surface area contributed by atoms with Crippen LogP contribution in [0.15, 0.2) is 30.3 Å². The van der Waals surface area contributed by atoms with Crippen LogP contribution >= 0.6 is 15.9 Å². The van der Waals surface area contributed by atoms with Gasteiger partial charge in [0, 0.05) is 0 Å². The minimum absolute atomic E-state index is 0.0445. The molecule has 0 saturated heterocycles. The van der Waals surface area contributed by atoms with E-state index in [1.54, 1.807) is 26.0 Å². The summed E-state index contributed by atoms with van der Waals surface area (Å²) < 4.78 is 5.10. The highest BCUT2D eigenvalue weighted by Gasteiger charge is 2.29. The van der Waals surface area contributed by atoms with Crippen molar-refractivity contribution in [2.24, 2.45) is 5.92 Å².